The summed E-state index contributed by atoms with van der Waals surface area (Å²) in [5, 5.41) is 0. The van der Waals surface area contributed by atoms with E-state index < -0.39 is 0 Å². The van der Waals surface area contributed by atoms with Crippen LogP contribution in [0.5, 0.6) is 0 Å². The van der Waals surface area contributed by atoms with Gasteiger partial charge in [0.15, 0.2) is 0 Å². The molecule has 2 amide bonds. The zero-order chi connectivity index (χ0) is 16.7. The molecule has 3 nitrogen and oxygen atoms in total. The number of carbonyl (C=O) groups excluding carboxylic acids is 2. The van der Waals surface area contributed by atoms with Gasteiger partial charge in [-0.15, -0.1) is 0 Å². The Hall–Kier alpha value is -2.49. The van der Waals surface area contributed by atoms with Gasteiger partial charge < -0.3 is 0 Å². The van der Waals surface area contributed by atoms with Crippen LogP contribution in [0.2, 0.25) is 0 Å². The van der Waals surface area contributed by atoms with Crippen molar-refractivity contribution in [3.63, 3.8) is 0 Å². The molecule has 2 aromatic rings. The number of rotatable bonds is 2. The molecule has 1 heterocycles. The van der Waals surface area contributed by atoms with Crippen molar-refractivity contribution in [2.45, 2.75) is 25.2 Å². The van der Waals surface area contributed by atoms with Crippen molar-refractivity contribution in [3.05, 3.63) is 66.0 Å². The molecule has 4 rings (SSSR count). The van der Waals surface area contributed by atoms with Crippen LogP contribution in [-0.4, -0.2) is 11.8 Å². The number of hydrogen-bond acceptors (Lipinski definition) is 2. The van der Waals surface area contributed by atoms with Gasteiger partial charge in [-0.1, -0.05) is 30.3 Å². The van der Waals surface area contributed by atoms with Gasteiger partial charge in [-0.05, 0) is 55.0 Å². The lowest BCUT2D eigenvalue weighted by Crippen LogP contribution is -2.30. The number of fused-ring (bicyclic) bond motifs is 1. The van der Waals surface area contributed by atoms with Gasteiger partial charge in [-0.25, -0.2) is 4.39 Å². The van der Waals surface area contributed by atoms with Gasteiger partial charge in [0.25, 0.3) is 0 Å². The fourth-order valence-electron chi connectivity index (χ4n) is 4.05. The average molecular weight is 323 g/mol. The van der Waals surface area contributed by atoms with Crippen LogP contribution in [0.3, 0.4) is 0 Å². The second-order valence-corrected chi connectivity index (χ2v) is 6.62. The number of amides is 2. The normalized spacial score (nSPS) is 26.5. The van der Waals surface area contributed by atoms with Crippen molar-refractivity contribution in [2.75, 3.05) is 4.90 Å². The molecule has 1 saturated heterocycles. The summed E-state index contributed by atoms with van der Waals surface area (Å²) in [6.45, 7) is 0. The predicted octanol–water partition coefficient (Wildman–Crippen LogP) is 3.90. The van der Waals surface area contributed by atoms with Crippen LogP contribution >= 0.6 is 0 Å². The fourth-order valence-corrected chi connectivity index (χ4v) is 4.05. The molecule has 0 unspecified atom stereocenters. The van der Waals surface area contributed by atoms with Gasteiger partial charge in [0.05, 0.1) is 17.5 Å². The second-order valence-electron chi connectivity index (χ2n) is 6.62. The van der Waals surface area contributed by atoms with E-state index >= 15 is 0 Å². The molecule has 1 aliphatic carbocycles. The zero-order valence-corrected chi connectivity index (χ0v) is 13.2. The number of imide groups is 1. The third-order valence-electron chi connectivity index (χ3n) is 5.28. The maximum Gasteiger partial charge on any atom is 0.237 e. The molecule has 4 heteroatoms. The van der Waals surface area contributed by atoms with Crippen molar-refractivity contribution in [1.29, 1.82) is 0 Å². The SMILES string of the molecule is O=C1[C@H]2C[C@H](c3ccccc3)CC[C@H]2C(=O)N1c1ccc(F)cc1. The van der Waals surface area contributed by atoms with Crippen LogP contribution in [0.15, 0.2) is 54.6 Å². The highest BCUT2D eigenvalue weighted by Gasteiger charge is 2.50. The molecule has 2 aromatic carbocycles. The van der Waals surface area contributed by atoms with Crippen LogP contribution in [0.1, 0.15) is 30.7 Å². The molecule has 0 N–H and O–H groups in total. The zero-order valence-electron chi connectivity index (χ0n) is 13.2. The molecule has 1 aliphatic heterocycles. The predicted molar refractivity (Wildman–Crippen MR) is 88.9 cm³/mol. The van der Waals surface area contributed by atoms with Gasteiger partial charge in [0, 0.05) is 0 Å². The number of nitrogens with zero attached hydrogens (tertiary/aromatic N) is 1. The Bertz CT molecular complexity index is 772. The molecule has 24 heavy (non-hydrogen) atoms. The van der Waals surface area contributed by atoms with Crippen molar-refractivity contribution in [2.24, 2.45) is 11.8 Å². The van der Waals surface area contributed by atoms with Crippen molar-refractivity contribution >= 4 is 17.5 Å². The van der Waals surface area contributed by atoms with Crippen LogP contribution in [0.4, 0.5) is 10.1 Å². The Morgan fingerprint density at radius 2 is 1.50 bits per heavy atom. The minimum atomic E-state index is -0.376. The summed E-state index contributed by atoms with van der Waals surface area (Å²) in [7, 11) is 0. The number of halogens is 1. The van der Waals surface area contributed by atoms with Crippen LogP contribution in [0, 0.1) is 17.7 Å². The molecule has 0 bridgehead atoms. The summed E-state index contributed by atoms with van der Waals surface area (Å²) in [5.41, 5.74) is 1.70. The molecular weight excluding hydrogens is 305 g/mol. The molecule has 0 radical (unpaired) electrons. The highest BCUT2D eigenvalue weighted by molar-refractivity contribution is 6.22. The first-order valence-electron chi connectivity index (χ1n) is 8.33. The topological polar surface area (TPSA) is 37.4 Å². The van der Waals surface area contributed by atoms with Crippen molar-refractivity contribution < 1.29 is 14.0 Å². The second kappa shape index (κ2) is 5.86. The Balaban J connectivity index is 1.60. The maximum atomic E-state index is 13.1. The van der Waals surface area contributed by atoms with E-state index in [1.807, 2.05) is 18.2 Å². The number of carbonyl (C=O) groups is 2. The van der Waals surface area contributed by atoms with Crippen molar-refractivity contribution in [3.8, 4) is 0 Å². The van der Waals surface area contributed by atoms with Crippen LogP contribution in [-0.2, 0) is 9.59 Å². The van der Waals surface area contributed by atoms with Gasteiger partial charge >= 0.3 is 0 Å². The van der Waals surface area contributed by atoms with Crippen LogP contribution < -0.4 is 4.90 Å². The van der Waals surface area contributed by atoms with Gasteiger partial charge in [-0.3, -0.25) is 14.5 Å². The standard InChI is InChI=1S/C20H18FNO2/c21-15-7-9-16(10-8-15)22-19(23)17-11-6-14(12-18(17)20(22)24)13-4-2-1-3-5-13/h1-5,7-10,14,17-18H,6,11-12H2/t14-,17-,18+/m1/s1. The minimum Gasteiger partial charge on any atom is -0.274 e. The monoisotopic (exact) mass is 323 g/mol. The largest absolute Gasteiger partial charge is 0.274 e. The first kappa shape index (κ1) is 15.1. The van der Waals surface area contributed by atoms with Gasteiger partial charge in [0.2, 0.25) is 11.8 Å². The van der Waals surface area contributed by atoms with Gasteiger partial charge in [0.1, 0.15) is 5.82 Å². The molecule has 0 spiro atoms. The number of anilines is 1. The highest BCUT2D eigenvalue weighted by atomic mass is 19.1. The third kappa shape index (κ3) is 2.42. The first-order valence-corrected chi connectivity index (χ1v) is 8.33. The summed E-state index contributed by atoms with van der Waals surface area (Å²) in [4.78, 5) is 26.8. The minimum absolute atomic E-state index is 0.136. The highest BCUT2D eigenvalue weighted by Crippen LogP contribution is 2.45. The van der Waals surface area contributed by atoms with E-state index in [0.717, 1.165) is 12.8 Å². The fraction of sp³-hybridized carbons (Fsp3) is 0.300. The van der Waals surface area contributed by atoms with E-state index in [9.17, 15) is 14.0 Å². The number of benzene rings is 2. The molecule has 0 aromatic heterocycles. The van der Waals surface area contributed by atoms with Crippen LogP contribution in [0.25, 0.3) is 0 Å². The van der Waals surface area contributed by atoms with E-state index in [4.69, 9.17) is 0 Å². The van der Waals surface area contributed by atoms with E-state index in [1.165, 1.54) is 34.7 Å². The van der Waals surface area contributed by atoms with Crippen molar-refractivity contribution in [1.82, 2.24) is 0 Å². The Morgan fingerprint density at radius 3 is 2.21 bits per heavy atom. The summed E-state index contributed by atoms with van der Waals surface area (Å²) in [5.74, 6) is -0.832. The summed E-state index contributed by atoms with van der Waals surface area (Å²) in [6, 6.07) is 15.7. The maximum absolute atomic E-state index is 13.1. The third-order valence-corrected chi connectivity index (χ3v) is 5.28. The average Bonchev–Trinajstić information content (AvgIpc) is 2.87. The molecular formula is C20H18FNO2. The van der Waals surface area contributed by atoms with E-state index in [2.05, 4.69) is 12.1 Å². The molecule has 1 saturated carbocycles. The smallest absolute Gasteiger partial charge is 0.237 e. The van der Waals surface area contributed by atoms with E-state index in [0.29, 0.717) is 18.0 Å². The lowest BCUT2D eigenvalue weighted by atomic mass is 9.73. The Kier molecular flexibility index (Phi) is 3.68. The molecule has 122 valence electrons. The Morgan fingerprint density at radius 1 is 0.833 bits per heavy atom. The quantitative estimate of drug-likeness (QED) is 0.786. The summed E-state index contributed by atoms with van der Waals surface area (Å²) < 4.78 is 13.1. The first-order chi connectivity index (χ1) is 11.6. The molecule has 2 aliphatic rings. The van der Waals surface area contributed by atoms with E-state index in [-0.39, 0.29) is 29.5 Å². The molecule has 2 fully saturated rings. The lowest BCUT2D eigenvalue weighted by Gasteiger charge is -2.28. The van der Waals surface area contributed by atoms with Gasteiger partial charge in [-0.2, -0.15) is 0 Å². The summed E-state index contributed by atoms with van der Waals surface area (Å²) >= 11 is 0. The number of hydrogen-bond donors (Lipinski definition) is 0. The Labute approximate surface area is 140 Å². The summed E-state index contributed by atoms with van der Waals surface area (Å²) in [6.07, 6.45) is 2.35. The van der Waals surface area contributed by atoms with E-state index in [1.54, 1.807) is 0 Å². The lowest BCUT2D eigenvalue weighted by molar-refractivity contribution is -0.122. The molecule has 3 atom stereocenters.